The van der Waals surface area contributed by atoms with Crippen molar-refractivity contribution in [2.24, 2.45) is 0 Å². The summed E-state index contributed by atoms with van der Waals surface area (Å²) in [5, 5.41) is 0. The minimum absolute atomic E-state index is 0.215. The van der Waals surface area contributed by atoms with Crippen molar-refractivity contribution >= 4 is 17.6 Å². The van der Waals surface area contributed by atoms with E-state index in [1.807, 2.05) is 61.5 Å². The summed E-state index contributed by atoms with van der Waals surface area (Å²) in [4.78, 5) is 12.2. The summed E-state index contributed by atoms with van der Waals surface area (Å²) in [6.07, 6.45) is -1.75. The fourth-order valence-corrected chi connectivity index (χ4v) is 3.74. The number of carbonyl (C=O) groups excluding carboxylic acids is 1. The number of halogens is 1. The molecule has 3 rings (SSSR count). The average Bonchev–Trinajstić information content (AvgIpc) is 2.87. The van der Waals surface area contributed by atoms with E-state index in [-0.39, 0.29) is 19.1 Å². The van der Waals surface area contributed by atoms with Gasteiger partial charge in [0.1, 0.15) is 23.8 Å². The maximum atomic E-state index is 12.2. The molecule has 184 valence electrons. The number of methoxy groups -OCH3 is 1. The zero-order valence-corrected chi connectivity index (χ0v) is 20.2. The topological polar surface area (TPSA) is 72.5 Å². The predicted molar refractivity (Wildman–Crippen MR) is 128 cm³/mol. The van der Waals surface area contributed by atoms with Gasteiger partial charge in [0.05, 0.1) is 33.0 Å². The molecule has 0 radical (unpaired) electrons. The lowest BCUT2D eigenvalue weighted by molar-refractivity contribution is -0.310. The summed E-state index contributed by atoms with van der Waals surface area (Å²) in [7, 11) is 1.61. The van der Waals surface area contributed by atoms with Crippen molar-refractivity contribution in [2.45, 2.75) is 50.8 Å². The average molecular weight is 491 g/mol. The quantitative estimate of drug-likeness (QED) is 0.250. The van der Waals surface area contributed by atoms with Crippen molar-refractivity contribution in [1.29, 1.82) is 0 Å². The first kappa shape index (κ1) is 26.2. The van der Waals surface area contributed by atoms with E-state index in [4.69, 9.17) is 40.0 Å². The van der Waals surface area contributed by atoms with E-state index < -0.39 is 36.7 Å². The third-order valence-corrected chi connectivity index (χ3v) is 5.59. The first-order chi connectivity index (χ1) is 16.5. The van der Waals surface area contributed by atoms with Gasteiger partial charge in [0.2, 0.25) is 0 Å². The van der Waals surface area contributed by atoms with Gasteiger partial charge >= 0.3 is 5.97 Å². The monoisotopic (exact) mass is 490 g/mol. The predicted octanol–water partition coefficient (Wildman–Crippen LogP) is 4.26. The molecule has 34 heavy (non-hydrogen) atoms. The van der Waals surface area contributed by atoms with Crippen LogP contribution < -0.4 is 4.74 Å². The first-order valence-corrected chi connectivity index (χ1v) is 11.6. The van der Waals surface area contributed by atoms with Crippen LogP contribution in [0.3, 0.4) is 0 Å². The minimum atomic E-state index is -0.888. The number of carbonyl (C=O) groups is 1. The lowest BCUT2D eigenvalue weighted by Crippen LogP contribution is -2.60. The van der Waals surface area contributed by atoms with Crippen LogP contribution in [0, 0.1) is 0 Å². The second-order valence-electron chi connectivity index (χ2n) is 7.80. The van der Waals surface area contributed by atoms with Crippen molar-refractivity contribution in [3.63, 3.8) is 0 Å². The number of alkyl halides is 1. The summed E-state index contributed by atoms with van der Waals surface area (Å²) < 4.78 is 35.2. The first-order valence-electron chi connectivity index (χ1n) is 11.1. The normalized spacial score (nSPS) is 24.4. The molecule has 0 aliphatic carbocycles. The van der Waals surface area contributed by atoms with Gasteiger partial charge in [0, 0.05) is 0 Å². The molecule has 1 fully saturated rings. The van der Waals surface area contributed by atoms with Gasteiger partial charge in [0.25, 0.3) is 0 Å². The molecular weight excluding hydrogens is 460 g/mol. The van der Waals surface area contributed by atoms with Crippen molar-refractivity contribution in [3.8, 4) is 5.75 Å². The van der Waals surface area contributed by atoms with Gasteiger partial charge in [-0.05, 0) is 30.2 Å². The molecule has 1 saturated heterocycles. The standard InChI is InChI=1S/C26H31ClO7/c1-4-14-30-26-25(34-22(28)15-27)24(32-17-20-10-12-21(29-3)13-11-20)23(18(2)33-26)31-16-19-8-6-5-7-9-19/h4-13,18,23-26H,1,14-17H2,2-3H3/t18-,23-,24+,25+,26+/m0/s1. The maximum absolute atomic E-state index is 12.2. The number of esters is 1. The number of rotatable bonds is 12. The Bertz CT molecular complexity index is 890. The highest BCUT2D eigenvalue weighted by Gasteiger charge is 2.48. The van der Waals surface area contributed by atoms with Crippen LogP contribution in [0.2, 0.25) is 0 Å². The van der Waals surface area contributed by atoms with Gasteiger partial charge < -0.3 is 28.4 Å². The van der Waals surface area contributed by atoms with Crippen LogP contribution in [0.1, 0.15) is 18.1 Å². The molecule has 0 amide bonds. The number of ether oxygens (including phenoxy) is 6. The second kappa shape index (κ2) is 13.5. The van der Waals surface area contributed by atoms with E-state index in [2.05, 4.69) is 6.58 Å². The highest BCUT2D eigenvalue weighted by atomic mass is 35.5. The molecule has 2 aromatic carbocycles. The number of benzene rings is 2. The second-order valence-corrected chi connectivity index (χ2v) is 8.07. The van der Waals surface area contributed by atoms with Gasteiger partial charge in [0.15, 0.2) is 12.4 Å². The van der Waals surface area contributed by atoms with Crippen molar-refractivity contribution in [3.05, 3.63) is 78.4 Å². The van der Waals surface area contributed by atoms with Gasteiger partial charge in [-0.3, -0.25) is 4.79 Å². The van der Waals surface area contributed by atoms with Crippen LogP contribution in [0.4, 0.5) is 0 Å². The van der Waals surface area contributed by atoms with E-state index in [0.29, 0.717) is 6.61 Å². The van der Waals surface area contributed by atoms with Crippen LogP contribution in [-0.2, 0) is 41.7 Å². The Hall–Kier alpha value is -2.42. The Morgan fingerprint density at radius 3 is 2.24 bits per heavy atom. The Kier molecular flexibility index (Phi) is 10.4. The van der Waals surface area contributed by atoms with Gasteiger partial charge in [-0.1, -0.05) is 48.5 Å². The molecular formula is C26H31ClO7. The molecule has 0 aromatic heterocycles. The molecule has 1 aliphatic heterocycles. The molecule has 0 unspecified atom stereocenters. The Labute approximate surface area is 205 Å². The van der Waals surface area contributed by atoms with E-state index >= 15 is 0 Å². The van der Waals surface area contributed by atoms with Crippen LogP contribution in [0.15, 0.2) is 67.3 Å². The third kappa shape index (κ3) is 7.29. The van der Waals surface area contributed by atoms with Crippen LogP contribution in [0.5, 0.6) is 5.75 Å². The maximum Gasteiger partial charge on any atom is 0.321 e. The fraction of sp³-hybridized carbons (Fsp3) is 0.423. The van der Waals surface area contributed by atoms with E-state index in [0.717, 1.165) is 16.9 Å². The molecule has 7 nitrogen and oxygen atoms in total. The van der Waals surface area contributed by atoms with Gasteiger partial charge in [-0.15, -0.1) is 18.2 Å². The molecule has 8 heteroatoms. The van der Waals surface area contributed by atoms with E-state index in [1.54, 1.807) is 13.2 Å². The lowest BCUT2D eigenvalue weighted by atomic mass is 9.98. The zero-order valence-electron chi connectivity index (χ0n) is 19.4. The van der Waals surface area contributed by atoms with E-state index in [1.165, 1.54) is 0 Å². The summed E-state index contributed by atoms with van der Waals surface area (Å²) in [6.45, 7) is 6.37. The van der Waals surface area contributed by atoms with Crippen molar-refractivity contribution in [2.75, 3.05) is 19.6 Å². The largest absolute Gasteiger partial charge is 0.497 e. The number of hydrogen-bond donors (Lipinski definition) is 0. The molecule has 0 saturated carbocycles. The Balaban J connectivity index is 1.83. The highest BCUT2D eigenvalue weighted by Crippen LogP contribution is 2.30. The molecule has 5 atom stereocenters. The summed E-state index contributed by atoms with van der Waals surface area (Å²) in [6, 6.07) is 17.3. The Morgan fingerprint density at radius 1 is 0.971 bits per heavy atom. The molecule has 1 aliphatic rings. The van der Waals surface area contributed by atoms with Gasteiger partial charge in [-0.25, -0.2) is 0 Å². The van der Waals surface area contributed by atoms with Crippen molar-refractivity contribution in [1.82, 2.24) is 0 Å². The Morgan fingerprint density at radius 2 is 1.62 bits per heavy atom. The third-order valence-electron chi connectivity index (χ3n) is 5.37. The summed E-state index contributed by atoms with van der Waals surface area (Å²) in [5.41, 5.74) is 1.93. The minimum Gasteiger partial charge on any atom is -0.497 e. The van der Waals surface area contributed by atoms with E-state index in [9.17, 15) is 4.79 Å². The summed E-state index contributed by atoms with van der Waals surface area (Å²) in [5.74, 6) is -0.155. The molecule has 2 aromatic rings. The van der Waals surface area contributed by atoms with Crippen LogP contribution >= 0.6 is 11.6 Å². The highest BCUT2D eigenvalue weighted by molar-refractivity contribution is 6.26. The smallest absolute Gasteiger partial charge is 0.321 e. The number of hydrogen-bond acceptors (Lipinski definition) is 7. The van der Waals surface area contributed by atoms with Gasteiger partial charge in [-0.2, -0.15) is 0 Å². The van der Waals surface area contributed by atoms with Crippen molar-refractivity contribution < 1.29 is 33.2 Å². The van der Waals surface area contributed by atoms with Crippen LogP contribution in [-0.4, -0.2) is 56.3 Å². The SMILES string of the molecule is C=CCO[C@@H]1O[C@@H](C)[C@H](OCc2ccccc2)[C@@H](OCc2ccc(OC)cc2)[C@H]1OC(=O)CCl. The molecule has 1 heterocycles. The molecule has 0 bridgehead atoms. The summed E-state index contributed by atoms with van der Waals surface area (Å²) >= 11 is 5.72. The van der Waals surface area contributed by atoms with Crippen LogP contribution in [0.25, 0.3) is 0 Å². The molecule has 0 N–H and O–H groups in total. The lowest BCUT2D eigenvalue weighted by Gasteiger charge is -2.44. The zero-order chi connectivity index (χ0) is 24.3. The fourth-order valence-electron chi connectivity index (χ4n) is 3.68. The molecule has 0 spiro atoms.